The zero-order chi connectivity index (χ0) is 13.0. The molecule has 0 N–H and O–H groups in total. The van der Waals surface area contributed by atoms with E-state index in [9.17, 15) is 9.59 Å². The van der Waals surface area contributed by atoms with Crippen LogP contribution < -0.4 is 0 Å². The molecule has 0 aliphatic heterocycles. The fourth-order valence-corrected chi connectivity index (χ4v) is 2.18. The molecule has 1 aromatic carbocycles. The first-order valence-electron chi connectivity index (χ1n) is 6.33. The first-order valence-corrected chi connectivity index (χ1v) is 6.33. The highest BCUT2D eigenvalue weighted by Gasteiger charge is 2.38. The van der Waals surface area contributed by atoms with Gasteiger partial charge in [-0.2, -0.15) is 0 Å². The molecule has 0 bridgehead atoms. The summed E-state index contributed by atoms with van der Waals surface area (Å²) in [5.74, 6) is 0.0715. The van der Waals surface area contributed by atoms with Gasteiger partial charge in [0.2, 0.25) is 0 Å². The lowest BCUT2D eigenvalue weighted by Crippen LogP contribution is -2.34. The maximum Gasteiger partial charge on any atom is 0.312 e. The third-order valence-corrected chi connectivity index (χ3v) is 3.62. The molecular weight excluding hydrogens is 228 g/mol. The van der Waals surface area contributed by atoms with E-state index >= 15 is 0 Å². The minimum atomic E-state index is -0.483. The van der Waals surface area contributed by atoms with Gasteiger partial charge in [0, 0.05) is 12.8 Å². The number of esters is 1. The summed E-state index contributed by atoms with van der Waals surface area (Å²) in [5, 5.41) is 0. The maximum atomic E-state index is 12.1. The van der Waals surface area contributed by atoms with Crippen molar-refractivity contribution in [2.45, 2.75) is 39.2 Å². The van der Waals surface area contributed by atoms with E-state index in [1.54, 1.807) is 0 Å². The van der Waals surface area contributed by atoms with Crippen molar-refractivity contribution in [3.05, 3.63) is 35.9 Å². The first-order chi connectivity index (χ1) is 8.60. The number of ketones is 1. The molecule has 1 aliphatic carbocycles. The van der Waals surface area contributed by atoms with Gasteiger partial charge in [-0.05, 0) is 25.3 Å². The molecule has 0 heterocycles. The Morgan fingerprint density at radius 3 is 2.44 bits per heavy atom. The Morgan fingerprint density at radius 2 is 1.83 bits per heavy atom. The van der Waals surface area contributed by atoms with E-state index in [0.717, 1.165) is 5.56 Å². The minimum absolute atomic E-state index is 0.182. The fraction of sp³-hybridized carbons (Fsp3) is 0.467. The fourth-order valence-electron chi connectivity index (χ4n) is 2.18. The number of Topliss-reactive ketones (excluding diaryl/α,β-unsaturated/α-hetero) is 1. The number of rotatable bonds is 3. The lowest BCUT2D eigenvalue weighted by molar-refractivity contribution is -0.158. The van der Waals surface area contributed by atoms with Gasteiger partial charge in [-0.3, -0.25) is 9.59 Å². The lowest BCUT2D eigenvalue weighted by atomic mass is 9.75. The summed E-state index contributed by atoms with van der Waals surface area (Å²) < 4.78 is 5.36. The maximum absolute atomic E-state index is 12.1. The molecule has 0 spiro atoms. The molecule has 1 saturated carbocycles. The van der Waals surface area contributed by atoms with Gasteiger partial charge in [-0.25, -0.2) is 0 Å². The zero-order valence-corrected chi connectivity index (χ0v) is 10.6. The molecule has 3 nitrogen and oxygen atoms in total. The molecule has 0 amide bonds. The molecule has 3 heteroatoms. The third-order valence-electron chi connectivity index (χ3n) is 3.62. The van der Waals surface area contributed by atoms with E-state index in [4.69, 9.17) is 4.74 Å². The topological polar surface area (TPSA) is 43.4 Å². The predicted molar refractivity (Wildman–Crippen MR) is 67.8 cm³/mol. The van der Waals surface area contributed by atoms with Crippen LogP contribution in [-0.2, 0) is 20.9 Å². The molecule has 0 atom stereocenters. The number of hydrogen-bond donors (Lipinski definition) is 0. The smallest absolute Gasteiger partial charge is 0.312 e. The zero-order valence-electron chi connectivity index (χ0n) is 10.6. The van der Waals surface area contributed by atoms with Crippen molar-refractivity contribution < 1.29 is 14.3 Å². The van der Waals surface area contributed by atoms with E-state index in [-0.39, 0.29) is 11.8 Å². The number of ether oxygens (including phenoxy) is 1. The molecule has 0 aromatic heterocycles. The molecule has 0 radical (unpaired) electrons. The van der Waals surface area contributed by atoms with Crippen LogP contribution in [0, 0.1) is 5.41 Å². The van der Waals surface area contributed by atoms with Gasteiger partial charge in [0.15, 0.2) is 0 Å². The summed E-state index contributed by atoms with van der Waals surface area (Å²) in [6.45, 7) is 2.20. The van der Waals surface area contributed by atoms with Crippen LogP contribution in [0.1, 0.15) is 38.2 Å². The summed E-state index contributed by atoms with van der Waals surface area (Å²) in [4.78, 5) is 23.3. The van der Waals surface area contributed by atoms with Crippen LogP contribution in [0.25, 0.3) is 0 Å². The van der Waals surface area contributed by atoms with Crippen molar-refractivity contribution in [3.63, 3.8) is 0 Å². The van der Waals surface area contributed by atoms with E-state index in [1.807, 2.05) is 37.3 Å². The lowest BCUT2D eigenvalue weighted by Gasteiger charge is -2.30. The summed E-state index contributed by atoms with van der Waals surface area (Å²) in [6.07, 6.45) is 2.22. The van der Waals surface area contributed by atoms with Gasteiger partial charge in [-0.15, -0.1) is 0 Å². The Hall–Kier alpha value is -1.64. The second kappa shape index (κ2) is 5.34. The largest absolute Gasteiger partial charge is 0.460 e. The predicted octanol–water partition coefficient (Wildman–Crippen LogP) is 2.88. The Morgan fingerprint density at radius 1 is 1.22 bits per heavy atom. The van der Waals surface area contributed by atoms with E-state index in [0.29, 0.717) is 32.3 Å². The van der Waals surface area contributed by atoms with Gasteiger partial charge in [0.1, 0.15) is 12.4 Å². The van der Waals surface area contributed by atoms with Crippen molar-refractivity contribution >= 4 is 11.8 Å². The van der Waals surface area contributed by atoms with Crippen LogP contribution in [-0.4, -0.2) is 11.8 Å². The van der Waals surface area contributed by atoms with Crippen LogP contribution in [0.4, 0.5) is 0 Å². The Bertz CT molecular complexity index is 426. The molecule has 1 aromatic rings. The van der Waals surface area contributed by atoms with Gasteiger partial charge in [0.05, 0.1) is 5.41 Å². The second-order valence-corrected chi connectivity index (χ2v) is 5.16. The summed E-state index contributed by atoms with van der Waals surface area (Å²) >= 11 is 0. The normalized spacial score (nSPS) is 18.4. The van der Waals surface area contributed by atoms with Crippen molar-refractivity contribution in [1.29, 1.82) is 0 Å². The Balaban J connectivity index is 1.90. The molecule has 0 saturated heterocycles. The van der Waals surface area contributed by atoms with Gasteiger partial charge >= 0.3 is 5.97 Å². The van der Waals surface area contributed by atoms with Crippen molar-refractivity contribution in [1.82, 2.24) is 0 Å². The van der Waals surface area contributed by atoms with Crippen LogP contribution in [0.5, 0.6) is 0 Å². The molecule has 2 rings (SSSR count). The summed E-state index contributed by atoms with van der Waals surface area (Å²) in [6, 6.07) is 9.63. The Kier molecular flexibility index (Phi) is 3.80. The van der Waals surface area contributed by atoms with E-state index in [2.05, 4.69) is 0 Å². The van der Waals surface area contributed by atoms with Crippen LogP contribution in [0.15, 0.2) is 30.3 Å². The number of benzene rings is 1. The highest BCUT2D eigenvalue weighted by Crippen LogP contribution is 2.35. The standard InChI is InChI=1S/C15H18O3/c1-15(9-7-13(16)8-10-15)14(17)18-11-12-5-3-2-4-6-12/h2-6H,7-11H2,1H3. The average molecular weight is 246 g/mol. The van der Waals surface area contributed by atoms with Crippen LogP contribution >= 0.6 is 0 Å². The highest BCUT2D eigenvalue weighted by molar-refractivity contribution is 5.84. The number of hydrogen-bond acceptors (Lipinski definition) is 3. The molecular formula is C15H18O3. The first kappa shape index (κ1) is 12.8. The van der Waals surface area contributed by atoms with Crippen LogP contribution in [0.3, 0.4) is 0 Å². The Labute approximate surface area is 107 Å². The van der Waals surface area contributed by atoms with Gasteiger partial charge < -0.3 is 4.74 Å². The van der Waals surface area contributed by atoms with E-state index in [1.165, 1.54) is 0 Å². The third kappa shape index (κ3) is 2.97. The van der Waals surface area contributed by atoms with Gasteiger partial charge in [-0.1, -0.05) is 30.3 Å². The average Bonchev–Trinajstić information content (AvgIpc) is 2.41. The van der Waals surface area contributed by atoms with Crippen LogP contribution in [0.2, 0.25) is 0 Å². The van der Waals surface area contributed by atoms with Crippen molar-refractivity contribution in [2.24, 2.45) is 5.41 Å². The molecule has 1 fully saturated rings. The molecule has 1 aliphatic rings. The highest BCUT2D eigenvalue weighted by atomic mass is 16.5. The summed E-state index contributed by atoms with van der Waals surface area (Å²) in [5.41, 5.74) is 0.504. The SMILES string of the molecule is CC1(C(=O)OCc2ccccc2)CCC(=O)CC1. The second-order valence-electron chi connectivity index (χ2n) is 5.16. The van der Waals surface area contributed by atoms with Crippen molar-refractivity contribution in [3.8, 4) is 0 Å². The van der Waals surface area contributed by atoms with E-state index < -0.39 is 5.41 Å². The molecule has 96 valence electrons. The van der Waals surface area contributed by atoms with Gasteiger partial charge in [0.25, 0.3) is 0 Å². The molecule has 18 heavy (non-hydrogen) atoms. The molecule has 0 unspecified atom stereocenters. The monoisotopic (exact) mass is 246 g/mol. The summed E-state index contributed by atoms with van der Waals surface area (Å²) in [7, 11) is 0. The quantitative estimate of drug-likeness (QED) is 0.770. The minimum Gasteiger partial charge on any atom is -0.460 e. The number of carbonyl (C=O) groups excluding carboxylic acids is 2. The van der Waals surface area contributed by atoms with Crippen molar-refractivity contribution in [2.75, 3.05) is 0 Å². The number of carbonyl (C=O) groups is 2.